The molecule has 20 heavy (non-hydrogen) atoms. The highest BCUT2D eigenvalue weighted by Gasteiger charge is 2.19. The van der Waals surface area contributed by atoms with E-state index < -0.39 is 5.97 Å². The molecule has 1 aromatic carbocycles. The summed E-state index contributed by atoms with van der Waals surface area (Å²) in [6.45, 7) is 4.84. The van der Waals surface area contributed by atoms with Crippen LogP contribution in [-0.2, 0) is 9.53 Å². The van der Waals surface area contributed by atoms with Crippen molar-refractivity contribution in [2.45, 2.75) is 25.9 Å². The molecule has 4 heteroatoms. The van der Waals surface area contributed by atoms with Crippen molar-refractivity contribution in [3.8, 4) is 0 Å². The van der Waals surface area contributed by atoms with E-state index in [1.807, 2.05) is 31.2 Å². The Kier molecular flexibility index (Phi) is 5.18. The molecule has 0 amide bonds. The van der Waals surface area contributed by atoms with Gasteiger partial charge in [-0.15, -0.1) is 0 Å². The average Bonchev–Trinajstić information content (AvgIpc) is 2.47. The van der Waals surface area contributed by atoms with Crippen LogP contribution in [0.3, 0.4) is 0 Å². The van der Waals surface area contributed by atoms with Crippen molar-refractivity contribution in [1.82, 2.24) is 0 Å². The first-order valence-electron chi connectivity index (χ1n) is 7.06. The predicted molar refractivity (Wildman–Crippen MR) is 80.0 cm³/mol. The van der Waals surface area contributed by atoms with E-state index >= 15 is 0 Å². The molecular weight excluding hydrogens is 254 g/mol. The lowest BCUT2D eigenvalue weighted by Crippen LogP contribution is -2.37. The molecule has 0 unspecified atom stereocenters. The van der Waals surface area contributed by atoms with Crippen LogP contribution in [0.4, 0.5) is 5.69 Å². The highest BCUT2D eigenvalue weighted by atomic mass is 16.5. The van der Waals surface area contributed by atoms with E-state index in [2.05, 4.69) is 4.90 Å². The van der Waals surface area contributed by atoms with E-state index in [0.717, 1.165) is 44.2 Å². The molecule has 0 saturated carbocycles. The van der Waals surface area contributed by atoms with E-state index in [-0.39, 0.29) is 0 Å². The second kappa shape index (κ2) is 7.10. The zero-order valence-corrected chi connectivity index (χ0v) is 11.8. The Morgan fingerprint density at radius 2 is 2.00 bits per heavy atom. The molecule has 1 fully saturated rings. The molecule has 2 rings (SSSR count). The van der Waals surface area contributed by atoms with Crippen molar-refractivity contribution in [2.75, 3.05) is 24.6 Å². The zero-order chi connectivity index (χ0) is 14.4. The second-order valence-corrected chi connectivity index (χ2v) is 4.90. The molecule has 1 aromatic rings. The van der Waals surface area contributed by atoms with Crippen LogP contribution in [0.25, 0.3) is 6.08 Å². The lowest BCUT2D eigenvalue weighted by atomic mass is 10.1. The third-order valence-corrected chi connectivity index (χ3v) is 3.52. The first kappa shape index (κ1) is 14.6. The zero-order valence-electron chi connectivity index (χ0n) is 11.8. The molecule has 0 aliphatic carbocycles. The van der Waals surface area contributed by atoms with E-state index in [4.69, 9.17) is 9.84 Å². The Bertz CT molecular complexity index is 459. The predicted octanol–water partition coefficient (Wildman–Crippen LogP) is 2.79. The van der Waals surface area contributed by atoms with Crippen LogP contribution in [0, 0.1) is 0 Å². The number of nitrogens with zero attached hydrogens (tertiary/aromatic N) is 1. The SMILES string of the molecule is CCOC1CCN(c2ccc(/C=C/C(=O)O)cc2)CC1. The maximum atomic E-state index is 10.5. The molecule has 4 nitrogen and oxygen atoms in total. The smallest absolute Gasteiger partial charge is 0.328 e. The summed E-state index contributed by atoms with van der Waals surface area (Å²) < 4.78 is 5.65. The highest BCUT2D eigenvalue weighted by molar-refractivity contribution is 5.85. The summed E-state index contributed by atoms with van der Waals surface area (Å²) in [7, 11) is 0. The fourth-order valence-electron chi connectivity index (χ4n) is 2.48. The number of aliphatic carboxylic acids is 1. The van der Waals surface area contributed by atoms with Crippen molar-refractivity contribution in [1.29, 1.82) is 0 Å². The minimum absolute atomic E-state index is 0.397. The molecule has 1 N–H and O–H groups in total. The Balaban J connectivity index is 1.92. The van der Waals surface area contributed by atoms with Crippen molar-refractivity contribution in [3.63, 3.8) is 0 Å². The largest absolute Gasteiger partial charge is 0.478 e. The number of ether oxygens (including phenoxy) is 1. The van der Waals surface area contributed by atoms with E-state index in [1.165, 1.54) is 5.69 Å². The minimum atomic E-state index is -0.924. The van der Waals surface area contributed by atoms with Gasteiger partial charge >= 0.3 is 5.97 Å². The van der Waals surface area contributed by atoms with Gasteiger partial charge in [0, 0.05) is 31.5 Å². The van der Waals surface area contributed by atoms with E-state index in [1.54, 1.807) is 6.08 Å². The maximum absolute atomic E-state index is 10.5. The number of hydrogen-bond donors (Lipinski definition) is 1. The van der Waals surface area contributed by atoms with Gasteiger partial charge in [-0.2, -0.15) is 0 Å². The minimum Gasteiger partial charge on any atom is -0.478 e. The van der Waals surface area contributed by atoms with E-state index in [9.17, 15) is 4.79 Å². The monoisotopic (exact) mass is 275 g/mol. The molecule has 1 aliphatic rings. The van der Waals surface area contributed by atoms with Gasteiger partial charge < -0.3 is 14.7 Å². The molecule has 0 bridgehead atoms. The molecule has 1 aliphatic heterocycles. The Labute approximate surface area is 119 Å². The molecular formula is C16H21NO3. The van der Waals surface area contributed by atoms with Crippen LogP contribution in [0.1, 0.15) is 25.3 Å². The van der Waals surface area contributed by atoms with Gasteiger partial charge in [-0.3, -0.25) is 0 Å². The van der Waals surface area contributed by atoms with Crippen molar-refractivity contribution < 1.29 is 14.6 Å². The number of piperidine rings is 1. The number of hydrogen-bond acceptors (Lipinski definition) is 3. The van der Waals surface area contributed by atoms with Crippen LogP contribution in [0.15, 0.2) is 30.3 Å². The summed E-state index contributed by atoms with van der Waals surface area (Å²) in [5.74, 6) is -0.924. The fourth-order valence-corrected chi connectivity index (χ4v) is 2.48. The van der Waals surface area contributed by atoms with Crippen LogP contribution >= 0.6 is 0 Å². The topological polar surface area (TPSA) is 49.8 Å². The van der Waals surface area contributed by atoms with Crippen LogP contribution in [0.2, 0.25) is 0 Å². The summed E-state index contributed by atoms with van der Waals surface area (Å²) in [5.41, 5.74) is 2.09. The summed E-state index contributed by atoms with van der Waals surface area (Å²) in [6.07, 6.45) is 5.29. The first-order chi connectivity index (χ1) is 9.69. The van der Waals surface area contributed by atoms with Gasteiger partial charge in [-0.25, -0.2) is 4.79 Å². The van der Waals surface area contributed by atoms with Gasteiger partial charge in [0.1, 0.15) is 0 Å². The lowest BCUT2D eigenvalue weighted by Gasteiger charge is -2.33. The summed E-state index contributed by atoms with van der Waals surface area (Å²) in [4.78, 5) is 12.8. The Morgan fingerprint density at radius 1 is 1.35 bits per heavy atom. The normalized spacial score (nSPS) is 16.8. The molecule has 0 aromatic heterocycles. The first-order valence-corrected chi connectivity index (χ1v) is 7.06. The van der Waals surface area contributed by atoms with Crippen molar-refractivity contribution in [2.24, 2.45) is 0 Å². The fraction of sp³-hybridized carbons (Fsp3) is 0.438. The molecule has 1 heterocycles. The maximum Gasteiger partial charge on any atom is 0.328 e. The number of anilines is 1. The average molecular weight is 275 g/mol. The van der Waals surface area contributed by atoms with Gasteiger partial charge in [0.25, 0.3) is 0 Å². The highest BCUT2D eigenvalue weighted by Crippen LogP contribution is 2.22. The Morgan fingerprint density at radius 3 is 2.55 bits per heavy atom. The van der Waals surface area contributed by atoms with Crippen LogP contribution in [-0.4, -0.2) is 36.9 Å². The molecule has 108 valence electrons. The quantitative estimate of drug-likeness (QED) is 0.839. The number of carbonyl (C=O) groups is 1. The van der Waals surface area contributed by atoms with Gasteiger partial charge in [-0.05, 0) is 43.5 Å². The number of rotatable bonds is 5. The van der Waals surface area contributed by atoms with Gasteiger partial charge in [0.2, 0.25) is 0 Å². The lowest BCUT2D eigenvalue weighted by molar-refractivity contribution is -0.131. The van der Waals surface area contributed by atoms with Crippen LogP contribution in [0.5, 0.6) is 0 Å². The molecule has 0 atom stereocenters. The summed E-state index contributed by atoms with van der Waals surface area (Å²) in [6, 6.07) is 7.98. The number of benzene rings is 1. The third-order valence-electron chi connectivity index (χ3n) is 3.52. The Hall–Kier alpha value is -1.81. The third kappa shape index (κ3) is 4.10. The van der Waals surface area contributed by atoms with Gasteiger partial charge in [-0.1, -0.05) is 12.1 Å². The molecule has 0 radical (unpaired) electrons. The van der Waals surface area contributed by atoms with Crippen molar-refractivity contribution >= 4 is 17.7 Å². The molecule has 0 spiro atoms. The number of carboxylic acid groups (broad SMARTS) is 1. The van der Waals surface area contributed by atoms with Gasteiger partial charge in [0.15, 0.2) is 0 Å². The summed E-state index contributed by atoms with van der Waals surface area (Å²) in [5, 5.41) is 8.59. The standard InChI is InChI=1S/C16H21NO3/c1-2-20-15-9-11-17(12-10-15)14-6-3-13(4-7-14)5-8-16(18)19/h3-8,15H,2,9-12H2,1H3,(H,18,19)/b8-5+. The number of carboxylic acids is 1. The second-order valence-electron chi connectivity index (χ2n) is 4.90. The van der Waals surface area contributed by atoms with Crippen LogP contribution < -0.4 is 4.90 Å². The summed E-state index contributed by atoms with van der Waals surface area (Å²) >= 11 is 0. The van der Waals surface area contributed by atoms with Gasteiger partial charge in [0.05, 0.1) is 6.10 Å². The van der Waals surface area contributed by atoms with E-state index in [0.29, 0.717) is 6.10 Å². The molecule has 1 saturated heterocycles. The van der Waals surface area contributed by atoms with Crippen molar-refractivity contribution in [3.05, 3.63) is 35.9 Å².